The van der Waals surface area contributed by atoms with Crippen molar-refractivity contribution in [3.8, 4) is 11.5 Å². The van der Waals surface area contributed by atoms with Crippen molar-refractivity contribution in [1.29, 1.82) is 0 Å². The second kappa shape index (κ2) is 8.13. The van der Waals surface area contributed by atoms with Gasteiger partial charge in [-0.3, -0.25) is 16.3 Å². The molecule has 0 saturated carbocycles. The van der Waals surface area contributed by atoms with Gasteiger partial charge in [0.1, 0.15) is 17.5 Å². The molecule has 0 aliphatic carbocycles. The molecule has 0 spiro atoms. The van der Waals surface area contributed by atoms with Crippen molar-refractivity contribution >= 4 is 12.2 Å². The molecule has 0 saturated heterocycles. The summed E-state index contributed by atoms with van der Waals surface area (Å²) in [6.07, 6.45) is 2.26. The number of hydrazine groups is 1. The van der Waals surface area contributed by atoms with Crippen LogP contribution >= 0.6 is 0 Å². The molecule has 0 radical (unpaired) electrons. The Kier molecular flexibility index (Phi) is 6.48. The highest BCUT2D eigenvalue weighted by molar-refractivity contribution is 5.89. The summed E-state index contributed by atoms with van der Waals surface area (Å²) < 4.78 is 5.09. The van der Waals surface area contributed by atoms with Crippen LogP contribution in [0, 0.1) is 0 Å². The highest BCUT2D eigenvalue weighted by Crippen LogP contribution is 2.25. The van der Waals surface area contributed by atoms with Crippen molar-refractivity contribution < 1.29 is 19.7 Å². The maximum Gasteiger partial charge on any atom is 0.328 e. The van der Waals surface area contributed by atoms with Gasteiger partial charge in [0.25, 0.3) is 0 Å². The second-order valence-electron chi connectivity index (χ2n) is 4.12. The summed E-state index contributed by atoms with van der Waals surface area (Å²) >= 11 is 0. The molecule has 7 nitrogen and oxygen atoms in total. The molecular weight excluding hydrogens is 262 g/mol. The topological polar surface area (TPSA) is 117 Å². The zero-order chi connectivity index (χ0) is 15.0. The second-order valence-corrected chi connectivity index (χ2v) is 4.12. The standard InChI is InChI=1S/C13H19N3O4/c1-20-12-6-2-5-11(17)9(12)8-15-10(13(18)19)4-3-7-16-14/h2,5-6,8,10,16-17H,3-4,7,14H2,1H3,(H,18,19). The lowest BCUT2D eigenvalue weighted by molar-refractivity contribution is -0.138. The summed E-state index contributed by atoms with van der Waals surface area (Å²) in [5.41, 5.74) is 2.82. The Labute approximate surface area is 117 Å². The van der Waals surface area contributed by atoms with Crippen molar-refractivity contribution in [3.63, 3.8) is 0 Å². The molecule has 7 heteroatoms. The number of ether oxygens (including phenoxy) is 1. The third kappa shape index (κ3) is 4.52. The number of phenolic OH excluding ortho intramolecular Hbond substituents is 1. The number of nitrogens with zero attached hydrogens (tertiary/aromatic N) is 1. The van der Waals surface area contributed by atoms with E-state index in [0.717, 1.165) is 0 Å². The van der Waals surface area contributed by atoms with E-state index in [9.17, 15) is 9.90 Å². The zero-order valence-corrected chi connectivity index (χ0v) is 11.2. The number of hydrogen-bond acceptors (Lipinski definition) is 6. The molecule has 1 rings (SSSR count). The third-order valence-electron chi connectivity index (χ3n) is 2.73. The first-order valence-electron chi connectivity index (χ1n) is 6.15. The lowest BCUT2D eigenvalue weighted by Gasteiger charge is -2.09. The number of aliphatic imine (C=N–C) groups is 1. The third-order valence-corrected chi connectivity index (χ3v) is 2.73. The van der Waals surface area contributed by atoms with Crippen molar-refractivity contribution in [2.75, 3.05) is 13.7 Å². The van der Waals surface area contributed by atoms with Crippen LogP contribution in [0.25, 0.3) is 0 Å². The minimum Gasteiger partial charge on any atom is -0.507 e. The van der Waals surface area contributed by atoms with Gasteiger partial charge in [0.05, 0.1) is 12.7 Å². The number of nitrogens with two attached hydrogens (primary N) is 1. The van der Waals surface area contributed by atoms with E-state index in [1.165, 1.54) is 19.4 Å². The highest BCUT2D eigenvalue weighted by Gasteiger charge is 2.15. The van der Waals surface area contributed by atoms with Crippen molar-refractivity contribution in [1.82, 2.24) is 5.43 Å². The molecule has 0 aliphatic heterocycles. The van der Waals surface area contributed by atoms with E-state index in [-0.39, 0.29) is 5.75 Å². The van der Waals surface area contributed by atoms with Gasteiger partial charge in [-0.2, -0.15) is 0 Å². The summed E-state index contributed by atoms with van der Waals surface area (Å²) in [4.78, 5) is 15.1. The number of nitrogens with one attached hydrogen (secondary N) is 1. The van der Waals surface area contributed by atoms with Gasteiger partial charge < -0.3 is 14.9 Å². The van der Waals surface area contributed by atoms with E-state index in [4.69, 9.17) is 15.7 Å². The highest BCUT2D eigenvalue weighted by atomic mass is 16.5. The molecule has 20 heavy (non-hydrogen) atoms. The predicted molar refractivity (Wildman–Crippen MR) is 75.1 cm³/mol. The summed E-state index contributed by atoms with van der Waals surface area (Å²) in [7, 11) is 1.47. The van der Waals surface area contributed by atoms with E-state index in [0.29, 0.717) is 30.7 Å². The van der Waals surface area contributed by atoms with Gasteiger partial charge in [-0.15, -0.1) is 0 Å². The van der Waals surface area contributed by atoms with E-state index in [1.54, 1.807) is 12.1 Å². The molecular formula is C13H19N3O4. The zero-order valence-electron chi connectivity index (χ0n) is 11.2. The Morgan fingerprint density at radius 1 is 1.60 bits per heavy atom. The molecule has 5 N–H and O–H groups in total. The van der Waals surface area contributed by atoms with Gasteiger partial charge in [-0.25, -0.2) is 4.79 Å². The van der Waals surface area contributed by atoms with Crippen molar-refractivity contribution in [2.24, 2.45) is 10.8 Å². The van der Waals surface area contributed by atoms with Crippen LogP contribution < -0.4 is 16.0 Å². The molecule has 1 aromatic carbocycles. The number of rotatable bonds is 8. The fourth-order valence-corrected chi connectivity index (χ4v) is 1.66. The molecule has 110 valence electrons. The van der Waals surface area contributed by atoms with Crippen LogP contribution in [0.15, 0.2) is 23.2 Å². The molecule has 1 aromatic rings. The molecule has 0 bridgehead atoms. The van der Waals surface area contributed by atoms with E-state index in [1.807, 2.05) is 0 Å². The normalized spacial score (nSPS) is 12.5. The van der Waals surface area contributed by atoms with Gasteiger partial charge in [-0.1, -0.05) is 6.07 Å². The van der Waals surface area contributed by atoms with Gasteiger partial charge in [-0.05, 0) is 25.0 Å². The van der Waals surface area contributed by atoms with E-state index in [2.05, 4.69) is 10.4 Å². The number of methoxy groups -OCH3 is 1. The van der Waals surface area contributed by atoms with Gasteiger partial charge in [0.2, 0.25) is 0 Å². The predicted octanol–water partition coefficient (Wildman–Crippen LogP) is 0.516. The van der Waals surface area contributed by atoms with Gasteiger partial charge in [0, 0.05) is 12.8 Å². The monoisotopic (exact) mass is 281 g/mol. The van der Waals surface area contributed by atoms with Crippen LogP contribution in [0.1, 0.15) is 18.4 Å². The summed E-state index contributed by atoms with van der Waals surface area (Å²) in [6.45, 7) is 0.513. The number of carbonyl (C=O) groups is 1. The fourth-order valence-electron chi connectivity index (χ4n) is 1.66. The quantitative estimate of drug-likeness (QED) is 0.239. The number of aromatic hydroxyl groups is 1. The van der Waals surface area contributed by atoms with E-state index >= 15 is 0 Å². The smallest absolute Gasteiger partial charge is 0.328 e. The van der Waals surface area contributed by atoms with Gasteiger partial charge in [0.15, 0.2) is 0 Å². The summed E-state index contributed by atoms with van der Waals surface area (Å²) in [5, 5.41) is 18.8. The molecule has 1 unspecified atom stereocenters. The number of hydrogen-bond donors (Lipinski definition) is 4. The van der Waals surface area contributed by atoms with Gasteiger partial charge >= 0.3 is 5.97 Å². The lowest BCUT2D eigenvalue weighted by Crippen LogP contribution is -2.25. The minimum absolute atomic E-state index is 0.0131. The Hall–Kier alpha value is -2.12. The molecule has 0 amide bonds. The lowest BCUT2D eigenvalue weighted by atomic mass is 10.1. The van der Waals surface area contributed by atoms with Crippen molar-refractivity contribution in [3.05, 3.63) is 23.8 Å². The first-order valence-corrected chi connectivity index (χ1v) is 6.15. The average molecular weight is 281 g/mol. The maximum absolute atomic E-state index is 11.1. The molecule has 0 aliphatic rings. The largest absolute Gasteiger partial charge is 0.507 e. The number of carboxylic acids is 1. The van der Waals surface area contributed by atoms with Crippen LogP contribution in [-0.4, -0.2) is 42.1 Å². The molecule has 1 atom stereocenters. The van der Waals surface area contributed by atoms with Crippen LogP contribution in [0.5, 0.6) is 11.5 Å². The Morgan fingerprint density at radius 3 is 2.95 bits per heavy atom. The Balaban J connectivity index is 2.85. The van der Waals surface area contributed by atoms with Crippen LogP contribution in [0.3, 0.4) is 0 Å². The number of carboxylic acid groups (broad SMARTS) is 1. The van der Waals surface area contributed by atoms with Crippen molar-refractivity contribution in [2.45, 2.75) is 18.9 Å². The first kappa shape index (κ1) is 15.9. The SMILES string of the molecule is COc1cccc(O)c1C=NC(CCCNN)C(=O)O. The molecule has 0 fully saturated rings. The van der Waals surface area contributed by atoms with Crippen LogP contribution in [-0.2, 0) is 4.79 Å². The van der Waals surface area contributed by atoms with Crippen LogP contribution in [0.4, 0.5) is 0 Å². The number of phenols is 1. The minimum atomic E-state index is -1.02. The van der Waals surface area contributed by atoms with E-state index < -0.39 is 12.0 Å². The average Bonchev–Trinajstić information content (AvgIpc) is 2.43. The Morgan fingerprint density at radius 2 is 2.35 bits per heavy atom. The van der Waals surface area contributed by atoms with Crippen LogP contribution in [0.2, 0.25) is 0 Å². The maximum atomic E-state index is 11.1. The first-order chi connectivity index (χ1) is 9.60. The summed E-state index contributed by atoms with van der Waals surface area (Å²) in [5.74, 6) is 4.53. The molecule has 0 heterocycles. The molecule has 0 aromatic heterocycles. The Bertz CT molecular complexity index is 477. The number of benzene rings is 1. The summed E-state index contributed by atoms with van der Waals surface area (Å²) in [6, 6.07) is 3.90. The fraction of sp³-hybridized carbons (Fsp3) is 0.385. The number of aliphatic carboxylic acids is 1.